The van der Waals surface area contributed by atoms with Crippen LogP contribution in [-0.4, -0.2) is 93.8 Å². The van der Waals surface area contributed by atoms with Gasteiger partial charge in [-0.25, -0.2) is 10.3 Å². The van der Waals surface area contributed by atoms with Crippen LogP contribution in [-0.2, 0) is 19.2 Å². The van der Waals surface area contributed by atoms with Gasteiger partial charge in [0.15, 0.2) is 6.61 Å². The van der Waals surface area contributed by atoms with Crippen LogP contribution in [0.4, 0.5) is 0 Å². The van der Waals surface area contributed by atoms with Crippen molar-refractivity contribution in [2.75, 3.05) is 6.61 Å². The first kappa shape index (κ1) is 20.7. The minimum absolute atomic E-state index is 0. The average Bonchev–Trinajstić information content (AvgIpc) is 2.00. The quantitative estimate of drug-likeness (QED) is 0.354. The van der Waals surface area contributed by atoms with Gasteiger partial charge in [-0.3, -0.25) is 14.4 Å². The van der Waals surface area contributed by atoms with Crippen molar-refractivity contribution >= 4 is 77.0 Å². The zero-order valence-corrected chi connectivity index (χ0v) is 6.65. The Bertz CT molecular complexity index is 222. The van der Waals surface area contributed by atoms with Crippen LogP contribution in [0.2, 0.25) is 0 Å². The summed E-state index contributed by atoms with van der Waals surface area (Å²) in [5.74, 6) is -2.99. The molecule has 0 unspecified atom stereocenters. The molecule has 0 aromatic carbocycles. The molecule has 7 nitrogen and oxygen atoms in total. The average molecular weight is 239 g/mol. The van der Waals surface area contributed by atoms with Crippen LogP contribution in [0.5, 0.6) is 0 Å². The molecule has 0 aromatic heterocycles. The third kappa shape index (κ3) is 17.0. The van der Waals surface area contributed by atoms with Crippen molar-refractivity contribution in [3.63, 3.8) is 0 Å². The summed E-state index contributed by atoms with van der Waals surface area (Å²) >= 11 is 0. The zero-order valence-electron chi connectivity index (χ0n) is 6.65. The number of carbonyl (C=O) groups is 3. The summed E-state index contributed by atoms with van der Waals surface area (Å²) in [4.78, 5) is 34.7. The molecule has 0 bridgehead atoms. The number of hydrogen-bond donors (Lipinski definition) is 3. The minimum atomic E-state index is -1.22. The van der Waals surface area contributed by atoms with Gasteiger partial charge in [-0.1, -0.05) is 0 Å². The molecule has 15 heavy (non-hydrogen) atoms. The van der Waals surface area contributed by atoms with Gasteiger partial charge < -0.3 is 10.2 Å². The van der Waals surface area contributed by atoms with Gasteiger partial charge in [-0.2, -0.15) is 0 Å². The van der Waals surface area contributed by atoms with E-state index in [1.54, 1.807) is 5.48 Å². The van der Waals surface area contributed by atoms with Crippen LogP contribution in [0.3, 0.4) is 0 Å². The van der Waals surface area contributed by atoms with Crippen molar-refractivity contribution < 1.29 is 29.4 Å². The second kappa shape index (κ2) is 12.4. The van der Waals surface area contributed by atoms with Gasteiger partial charge in [-0.15, -0.1) is 0 Å². The third-order valence-corrected chi connectivity index (χ3v) is 0.948. The normalized spacial score (nSPS) is 8.00. The third-order valence-electron chi connectivity index (χ3n) is 0.948. The molecule has 0 aliphatic heterocycles. The first-order valence-electron chi connectivity index (χ1n) is 3.36. The van der Waals surface area contributed by atoms with Crippen molar-refractivity contribution in [3.8, 4) is 0 Å². The van der Waals surface area contributed by atoms with E-state index in [-0.39, 0.29) is 72.0 Å². The van der Waals surface area contributed by atoms with E-state index in [1.165, 1.54) is 0 Å². The van der Waals surface area contributed by atoms with Gasteiger partial charge in [0, 0.05) is 6.42 Å². The molecule has 3 N–H and O–H groups in total. The second-order valence-electron chi connectivity index (χ2n) is 2.10. The summed E-state index contributed by atoms with van der Waals surface area (Å²) < 4.78 is 0. The number of rotatable bonds is 6. The molecule has 0 aromatic rings. The van der Waals surface area contributed by atoms with E-state index in [4.69, 9.17) is 10.2 Å². The number of carboxylic acid groups (broad SMARTS) is 2. The molecule has 0 saturated heterocycles. The standard InChI is InChI=1S/C6H9NO6.2Na.2H/c8-4(1-2-5(9)10)7-13-3-6(11)12;;;;/h1-3H2,(H,7,8)(H,9,10)(H,11,12);;;;. The summed E-state index contributed by atoms with van der Waals surface area (Å²) in [5, 5.41) is 16.2. The molecule has 0 aliphatic carbocycles. The second-order valence-corrected chi connectivity index (χ2v) is 2.10. The van der Waals surface area contributed by atoms with Crippen molar-refractivity contribution in [1.29, 1.82) is 0 Å². The van der Waals surface area contributed by atoms with E-state index >= 15 is 0 Å². The van der Waals surface area contributed by atoms with Crippen LogP contribution in [0.1, 0.15) is 12.8 Å². The number of carboxylic acids is 2. The first-order valence-corrected chi connectivity index (χ1v) is 3.36. The number of carbonyl (C=O) groups excluding carboxylic acids is 1. The van der Waals surface area contributed by atoms with Crippen LogP contribution >= 0.6 is 0 Å². The van der Waals surface area contributed by atoms with Gasteiger partial charge >= 0.3 is 71.1 Å². The predicted molar refractivity (Wildman–Crippen MR) is 52.9 cm³/mol. The zero-order chi connectivity index (χ0) is 10.3. The molecule has 0 atom stereocenters. The van der Waals surface area contributed by atoms with Crippen LogP contribution in [0, 0.1) is 0 Å². The molecule has 1 amide bonds. The fourth-order valence-corrected chi connectivity index (χ4v) is 0.450. The van der Waals surface area contributed by atoms with Gasteiger partial charge in [0.25, 0.3) is 0 Å². The number of aliphatic carboxylic acids is 2. The molecule has 0 spiro atoms. The summed E-state index contributed by atoms with van der Waals surface area (Å²) in [5.41, 5.74) is 1.79. The molecule has 9 heteroatoms. The van der Waals surface area contributed by atoms with Crippen molar-refractivity contribution in [2.24, 2.45) is 0 Å². The monoisotopic (exact) mass is 239 g/mol. The van der Waals surface area contributed by atoms with Crippen molar-refractivity contribution in [1.82, 2.24) is 5.48 Å². The van der Waals surface area contributed by atoms with E-state index < -0.39 is 24.5 Å². The molecular weight excluding hydrogens is 228 g/mol. The molecule has 0 saturated carbocycles. The van der Waals surface area contributed by atoms with E-state index in [1.807, 2.05) is 0 Å². The summed E-state index contributed by atoms with van der Waals surface area (Å²) in [6.45, 7) is -0.654. The predicted octanol–water partition coefficient (Wildman–Crippen LogP) is -2.31. The molecule has 0 fully saturated rings. The van der Waals surface area contributed by atoms with E-state index in [2.05, 4.69) is 4.84 Å². The van der Waals surface area contributed by atoms with E-state index in [9.17, 15) is 14.4 Å². The number of nitrogens with one attached hydrogen (secondary N) is 1. The Morgan fingerprint density at radius 3 is 1.93 bits per heavy atom. The SMILES string of the molecule is O=C(O)CCC(=O)NOCC(=O)O.[NaH].[NaH]. The Hall–Kier alpha value is 0.370. The maximum absolute atomic E-state index is 10.6. The Morgan fingerprint density at radius 1 is 1.00 bits per heavy atom. The summed E-state index contributed by atoms with van der Waals surface area (Å²) in [7, 11) is 0. The number of amides is 1. The van der Waals surface area contributed by atoms with Gasteiger partial charge in [0.2, 0.25) is 5.91 Å². The maximum atomic E-state index is 10.6. The van der Waals surface area contributed by atoms with E-state index in [0.29, 0.717) is 0 Å². The Kier molecular flexibility index (Phi) is 17.2. The number of hydroxylamine groups is 1. The molecule has 0 radical (unpaired) electrons. The molecule has 78 valence electrons. The van der Waals surface area contributed by atoms with Crippen LogP contribution < -0.4 is 5.48 Å². The Labute approximate surface area is 130 Å². The summed E-state index contributed by atoms with van der Waals surface area (Å²) in [6.07, 6.45) is -0.558. The molecular formula is C6H11NNa2O6. The Morgan fingerprint density at radius 2 is 1.53 bits per heavy atom. The fraction of sp³-hybridized carbons (Fsp3) is 0.500. The fourth-order valence-electron chi connectivity index (χ4n) is 0.450. The van der Waals surface area contributed by atoms with Gasteiger partial charge in [0.1, 0.15) is 0 Å². The van der Waals surface area contributed by atoms with Crippen molar-refractivity contribution in [3.05, 3.63) is 0 Å². The van der Waals surface area contributed by atoms with Gasteiger partial charge in [0.05, 0.1) is 6.42 Å². The van der Waals surface area contributed by atoms with Crippen LogP contribution in [0.25, 0.3) is 0 Å². The molecule has 0 heterocycles. The van der Waals surface area contributed by atoms with Crippen molar-refractivity contribution in [2.45, 2.75) is 12.8 Å². The van der Waals surface area contributed by atoms with E-state index in [0.717, 1.165) is 0 Å². The first-order chi connectivity index (χ1) is 6.02. The van der Waals surface area contributed by atoms with Crippen LogP contribution in [0.15, 0.2) is 0 Å². The van der Waals surface area contributed by atoms with Gasteiger partial charge in [-0.05, 0) is 0 Å². The topological polar surface area (TPSA) is 113 Å². The summed E-state index contributed by atoms with van der Waals surface area (Å²) in [6, 6.07) is 0. The molecule has 0 aliphatic rings. The Balaban J connectivity index is -0.000000720. The number of hydrogen-bond acceptors (Lipinski definition) is 4. The molecule has 0 rings (SSSR count).